The first-order valence-electron chi connectivity index (χ1n) is 5.60. The van der Waals surface area contributed by atoms with Gasteiger partial charge in [-0.1, -0.05) is 20.8 Å². The molecule has 0 atom stereocenters. The van der Waals surface area contributed by atoms with Gasteiger partial charge in [0.25, 0.3) is 0 Å². The van der Waals surface area contributed by atoms with Crippen molar-refractivity contribution >= 4 is 0 Å². The molecule has 0 aliphatic rings. The van der Waals surface area contributed by atoms with Gasteiger partial charge >= 0.3 is 0 Å². The Labute approximate surface area is 101 Å². The van der Waals surface area contributed by atoms with Crippen molar-refractivity contribution in [1.82, 2.24) is 4.98 Å². The zero-order valence-electron chi connectivity index (χ0n) is 10.7. The first-order chi connectivity index (χ1) is 8.00. The van der Waals surface area contributed by atoms with Crippen molar-refractivity contribution in [1.29, 1.82) is 0 Å². The predicted molar refractivity (Wildman–Crippen MR) is 67.2 cm³/mol. The molecule has 2 aromatic rings. The summed E-state index contributed by atoms with van der Waals surface area (Å²) >= 11 is 0. The van der Waals surface area contributed by atoms with Gasteiger partial charge in [-0.2, -0.15) is 0 Å². The van der Waals surface area contributed by atoms with Crippen LogP contribution in [-0.4, -0.2) is 12.1 Å². The molecule has 0 saturated heterocycles. The molecular weight excluding hydrogens is 214 g/mol. The third-order valence-electron chi connectivity index (χ3n) is 2.69. The fraction of sp³-hybridized carbons (Fsp3) is 0.357. The minimum atomic E-state index is 0.0654. The van der Waals surface area contributed by atoms with E-state index in [4.69, 9.17) is 9.15 Å². The van der Waals surface area contributed by atoms with E-state index in [1.54, 1.807) is 19.6 Å². The van der Waals surface area contributed by atoms with Crippen LogP contribution in [0.2, 0.25) is 0 Å². The molecule has 3 nitrogen and oxygen atoms in total. The maximum atomic E-state index is 5.32. The van der Waals surface area contributed by atoms with Crippen LogP contribution < -0.4 is 4.74 Å². The van der Waals surface area contributed by atoms with Crippen LogP contribution in [0.4, 0.5) is 0 Å². The summed E-state index contributed by atoms with van der Waals surface area (Å²) in [5.41, 5.74) is 2.21. The highest BCUT2D eigenvalue weighted by Crippen LogP contribution is 2.31. The Morgan fingerprint density at radius 1 is 1.18 bits per heavy atom. The van der Waals surface area contributed by atoms with E-state index in [-0.39, 0.29) is 5.41 Å². The molecule has 1 aromatic carbocycles. The Morgan fingerprint density at radius 2 is 1.94 bits per heavy atom. The number of hydrogen-bond acceptors (Lipinski definition) is 3. The second-order valence-corrected chi connectivity index (χ2v) is 5.04. The van der Waals surface area contributed by atoms with Crippen molar-refractivity contribution in [3.8, 4) is 17.2 Å². The van der Waals surface area contributed by atoms with Crippen LogP contribution in [0.15, 0.2) is 35.1 Å². The standard InChI is InChI=1S/C14H17NO2/c1-14(2,3)11-7-10(8-12(9-11)16-4)13-15-5-6-17-13/h5-9H,1-4H3. The van der Waals surface area contributed by atoms with Crippen LogP contribution in [0.3, 0.4) is 0 Å². The lowest BCUT2D eigenvalue weighted by molar-refractivity contribution is 0.412. The Balaban J connectivity index is 2.54. The van der Waals surface area contributed by atoms with E-state index in [1.165, 1.54) is 5.56 Å². The summed E-state index contributed by atoms with van der Waals surface area (Å²) in [5.74, 6) is 1.44. The third kappa shape index (κ3) is 2.49. The molecule has 17 heavy (non-hydrogen) atoms. The van der Waals surface area contributed by atoms with Gasteiger partial charge in [-0.3, -0.25) is 0 Å². The molecule has 0 bridgehead atoms. The van der Waals surface area contributed by atoms with Gasteiger partial charge in [0.05, 0.1) is 13.3 Å². The van der Waals surface area contributed by atoms with Crippen LogP contribution in [0, 0.1) is 0 Å². The van der Waals surface area contributed by atoms with Gasteiger partial charge in [-0.15, -0.1) is 0 Å². The quantitative estimate of drug-likeness (QED) is 0.791. The smallest absolute Gasteiger partial charge is 0.226 e. The largest absolute Gasteiger partial charge is 0.497 e. The average molecular weight is 231 g/mol. The summed E-state index contributed by atoms with van der Waals surface area (Å²) in [6.07, 6.45) is 3.22. The van der Waals surface area contributed by atoms with Crippen molar-refractivity contribution < 1.29 is 9.15 Å². The monoisotopic (exact) mass is 231 g/mol. The SMILES string of the molecule is COc1cc(-c2ncco2)cc(C(C)(C)C)c1. The second kappa shape index (κ2) is 4.24. The van der Waals surface area contributed by atoms with Crippen molar-refractivity contribution in [2.75, 3.05) is 7.11 Å². The van der Waals surface area contributed by atoms with E-state index in [2.05, 4.69) is 31.8 Å². The third-order valence-corrected chi connectivity index (χ3v) is 2.69. The van der Waals surface area contributed by atoms with Gasteiger partial charge in [0.2, 0.25) is 5.89 Å². The highest BCUT2D eigenvalue weighted by atomic mass is 16.5. The Morgan fingerprint density at radius 3 is 2.47 bits per heavy atom. The number of ether oxygens (including phenoxy) is 1. The summed E-state index contributed by atoms with van der Waals surface area (Å²) in [6, 6.07) is 6.07. The number of aromatic nitrogens is 1. The lowest BCUT2D eigenvalue weighted by atomic mass is 9.86. The van der Waals surface area contributed by atoms with Crippen molar-refractivity contribution in [2.45, 2.75) is 26.2 Å². The second-order valence-electron chi connectivity index (χ2n) is 5.04. The van der Waals surface area contributed by atoms with Crippen LogP contribution in [0.1, 0.15) is 26.3 Å². The molecule has 90 valence electrons. The molecule has 0 aliphatic carbocycles. The first-order valence-corrected chi connectivity index (χ1v) is 5.60. The molecule has 1 aromatic heterocycles. The van der Waals surface area contributed by atoms with E-state index in [1.807, 2.05) is 12.1 Å². The van der Waals surface area contributed by atoms with Crippen LogP contribution >= 0.6 is 0 Å². The van der Waals surface area contributed by atoms with Gasteiger partial charge in [-0.05, 0) is 29.2 Å². The predicted octanol–water partition coefficient (Wildman–Crippen LogP) is 3.65. The molecule has 3 heteroatoms. The topological polar surface area (TPSA) is 35.3 Å². The Kier molecular flexibility index (Phi) is 2.92. The Hall–Kier alpha value is -1.77. The lowest BCUT2D eigenvalue weighted by Crippen LogP contribution is -2.11. The molecule has 0 radical (unpaired) electrons. The molecule has 0 amide bonds. The van der Waals surface area contributed by atoms with Crippen molar-refractivity contribution in [3.05, 3.63) is 36.2 Å². The maximum absolute atomic E-state index is 5.32. The summed E-state index contributed by atoms with van der Waals surface area (Å²) in [7, 11) is 1.67. The molecule has 2 rings (SSSR count). The van der Waals surface area contributed by atoms with Crippen molar-refractivity contribution in [2.24, 2.45) is 0 Å². The summed E-state index contributed by atoms with van der Waals surface area (Å²) in [5, 5.41) is 0. The number of hydrogen-bond donors (Lipinski definition) is 0. The fourth-order valence-electron chi connectivity index (χ4n) is 1.64. The molecule has 0 fully saturated rings. The maximum Gasteiger partial charge on any atom is 0.226 e. The van der Waals surface area contributed by atoms with E-state index >= 15 is 0 Å². The fourth-order valence-corrected chi connectivity index (χ4v) is 1.64. The van der Waals surface area contributed by atoms with Crippen LogP contribution in [0.25, 0.3) is 11.5 Å². The summed E-state index contributed by atoms with van der Waals surface area (Å²) < 4.78 is 10.6. The van der Waals surface area contributed by atoms with Gasteiger partial charge in [0.1, 0.15) is 12.0 Å². The van der Waals surface area contributed by atoms with E-state index in [0.29, 0.717) is 5.89 Å². The number of rotatable bonds is 2. The number of nitrogens with zero attached hydrogens (tertiary/aromatic N) is 1. The zero-order chi connectivity index (χ0) is 12.5. The number of benzene rings is 1. The number of methoxy groups -OCH3 is 1. The number of oxazole rings is 1. The molecule has 0 aliphatic heterocycles. The first kappa shape index (κ1) is 11.7. The van der Waals surface area contributed by atoms with E-state index in [0.717, 1.165) is 11.3 Å². The summed E-state index contributed by atoms with van der Waals surface area (Å²) in [6.45, 7) is 6.50. The van der Waals surface area contributed by atoms with Gasteiger partial charge < -0.3 is 9.15 Å². The Bertz CT molecular complexity index is 495. The molecular formula is C14H17NO2. The average Bonchev–Trinajstić information content (AvgIpc) is 2.80. The molecule has 0 N–H and O–H groups in total. The minimum Gasteiger partial charge on any atom is -0.497 e. The molecule has 1 heterocycles. The van der Waals surface area contributed by atoms with E-state index in [9.17, 15) is 0 Å². The molecule has 0 unspecified atom stereocenters. The summed E-state index contributed by atoms with van der Waals surface area (Å²) in [4.78, 5) is 4.16. The van der Waals surface area contributed by atoms with Gasteiger partial charge in [0.15, 0.2) is 0 Å². The van der Waals surface area contributed by atoms with Crippen LogP contribution in [0.5, 0.6) is 5.75 Å². The van der Waals surface area contributed by atoms with Crippen LogP contribution in [-0.2, 0) is 5.41 Å². The van der Waals surface area contributed by atoms with Crippen molar-refractivity contribution in [3.63, 3.8) is 0 Å². The lowest BCUT2D eigenvalue weighted by Gasteiger charge is -2.20. The highest BCUT2D eigenvalue weighted by molar-refractivity contribution is 5.58. The normalized spacial score (nSPS) is 11.5. The van der Waals surface area contributed by atoms with Gasteiger partial charge in [-0.25, -0.2) is 4.98 Å². The molecule has 0 saturated carbocycles. The minimum absolute atomic E-state index is 0.0654. The highest BCUT2D eigenvalue weighted by Gasteiger charge is 2.17. The van der Waals surface area contributed by atoms with Gasteiger partial charge in [0, 0.05) is 5.56 Å². The van der Waals surface area contributed by atoms with E-state index < -0.39 is 0 Å². The zero-order valence-corrected chi connectivity index (χ0v) is 10.7. The molecule has 0 spiro atoms.